The predicted molar refractivity (Wildman–Crippen MR) is 110 cm³/mol. The normalized spacial score (nSPS) is 10.7. The molecule has 10 heteroatoms. The number of methoxy groups -OCH3 is 2. The summed E-state index contributed by atoms with van der Waals surface area (Å²) in [6.07, 6.45) is 0.0444. The number of hydrogen-bond donors (Lipinski definition) is 3. The van der Waals surface area contributed by atoms with Crippen LogP contribution in [0.4, 0.5) is 5.69 Å². The molecule has 0 aromatic heterocycles. The van der Waals surface area contributed by atoms with Crippen molar-refractivity contribution < 1.29 is 22.7 Å². The van der Waals surface area contributed by atoms with Gasteiger partial charge in [0, 0.05) is 24.3 Å². The molecule has 0 aliphatic rings. The van der Waals surface area contributed by atoms with Gasteiger partial charge < -0.3 is 20.5 Å². The molecule has 0 unspecified atom stereocenters. The lowest BCUT2D eigenvalue weighted by Crippen LogP contribution is -2.29. The summed E-state index contributed by atoms with van der Waals surface area (Å²) in [6, 6.07) is 11.2. The highest BCUT2D eigenvalue weighted by atomic mass is 35.5. The first-order valence-corrected chi connectivity index (χ1v) is 9.68. The van der Waals surface area contributed by atoms with Crippen LogP contribution in [0.2, 0.25) is 0 Å². The van der Waals surface area contributed by atoms with Crippen LogP contribution in [-0.4, -0.2) is 41.6 Å². The summed E-state index contributed by atoms with van der Waals surface area (Å²) in [5, 5.41) is 2.70. The number of sulfonamides is 1. The van der Waals surface area contributed by atoms with E-state index in [9.17, 15) is 13.2 Å². The number of halogens is 1. The van der Waals surface area contributed by atoms with Crippen LogP contribution in [0.1, 0.15) is 5.56 Å². The molecule has 2 aromatic carbocycles. The fourth-order valence-electron chi connectivity index (χ4n) is 2.42. The quantitative estimate of drug-likeness (QED) is 0.556. The first-order chi connectivity index (χ1) is 12.9. The van der Waals surface area contributed by atoms with Gasteiger partial charge in [0.05, 0.1) is 25.5 Å². The van der Waals surface area contributed by atoms with Crippen molar-refractivity contribution in [1.82, 2.24) is 4.72 Å². The Balaban J connectivity index is 0.00000392. The summed E-state index contributed by atoms with van der Waals surface area (Å²) in [5.41, 5.74) is 6.35. The van der Waals surface area contributed by atoms with Gasteiger partial charge >= 0.3 is 0 Å². The largest absolute Gasteiger partial charge is 0.497 e. The molecule has 0 fully saturated rings. The number of carbonyl (C=O) groups excluding carboxylic acids is 1. The Morgan fingerprint density at radius 3 is 2.50 bits per heavy atom. The van der Waals surface area contributed by atoms with E-state index < -0.39 is 10.0 Å². The highest BCUT2D eigenvalue weighted by Gasteiger charge is 2.15. The van der Waals surface area contributed by atoms with Gasteiger partial charge in [-0.05, 0) is 36.4 Å². The summed E-state index contributed by atoms with van der Waals surface area (Å²) >= 11 is 0. The molecule has 0 saturated heterocycles. The van der Waals surface area contributed by atoms with Crippen molar-refractivity contribution in [3.63, 3.8) is 0 Å². The van der Waals surface area contributed by atoms with Gasteiger partial charge in [0.2, 0.25) is 15.9 Å². The zero-order chi connectivity index (χ0) is 19.9. The van der Waals surface area contributed by atoms with Gasteiger partial charge in [0.1, 0.15) is 11.5 Å². The minimum atomic E-state index is -3.68. The third kappa shape index (κ3) is 6.38. The third-order valence-electron chi connectivity index (χ3n) is 3.70. The second kappa shape index (κ2) is 10.9. The SMILES string of the molecule is COc1ccc(OC)c(CC(=O)Nc2cccc(S(=O)(=O)NCCN)c2)c1.Cl. The molecule has 154 valence electrons. The lowest BCUT2D eigenvalue weighted by Gasteiger charge is -2.12. The van der Waals surface area contributed by atoms with Gasteiger partial charge in [-0.2, -0.15) is 0 Å². The highest BCUT2D eigenvalue weighted by Crippen LogP contribution is 2.25. The first-order valence-electron chi connectivity index (χ1n) is 8.20. The summed E-state index contributed by atoms with van der Waals surface area (Å²) in [4.78, 5) is 12.4. The second-order valence-electron chi connectivity index (χ2n) is 5.62. The minimum absolute atomic E-state index is 0. The number of nitrogens with two attached hydrogens (primary N) is 1. The van der Waals surface area contributed by atoms with Crippen LogP contribution < -0.4 is 25.2 Å². The number of ether oxygens (including phenoxy) is 2. The minimum Gasteiger partial charge on any atom is -0.497 e. The molecule has 28 heavy (non-hydrogen) atoms. The molecular formula is C18H24ClN3O5S. The molecule has 0 spiro atoms. The fourth-order valence-corrected chi connectivity index (χ4v) is 3.51. The van der Waals surface area contributed by atoms with E-state index in [1.165, 1.54) is 26.4 Å². The summed E-state index contributed by atoms with van der Waals surface area (Å²) < 4.78 is 37.1. The molecule has 0 aliphatic carbocycles. The molecule has 2 aromatic rings. The van der Waals surface area contributed by atoms with Gasteiger partial charge in [0.15, 0.2) is 0 Å². The summed E-state index contributed by atoms with van der Waals surface area (Å²) in [6.45, 7) is 0.326. The molecule has 0 radical (unpaired) electrons. The molecule has 0 atom stereocenters. The molecule has 0 aliphatic heterocycles. The van der Waals surface area contributed by atoms with Gasteiger partial charge in [0.25, 0.3) is 0 Å². The Morgan fingerprint density at radius 2 is 1.86 bits per heavy atom. The molecule has 0 heterocycles. The van der Waals surface area contributed by atoms with Crippen LogP contribution in [0.5, 0.6) is 11.5 Å². The lowest BCUT2D eigenvalue weighted by atomic mass is 10.1. The molecule has 1 amide bonds. The van der Waals surface area contributed by atoms with E-state index in [4.69, 9.17) is 15.2 Å². The van der Waals surface area contributed by atoms with Gasteiger partial charge in [-0.15, -0.1) is 12.4 Å². The summed E-state index contributed by atoms with van der Waals surface area (Å²) in [5.74, 6) is 0.858. The Labute approximate surface area is 170 Å². The number of amides is 1. The third-order valence-corrected chi connectivity index (χ3v) is 5.16. The van der Waals surface area contributed by atoms with Crippen LogP contribution in [0.25, 0.3) is 0 Å². The van der Waals surface area contributed by atoms with Crippen LogP contribution >= 0.6 is 12.4 Å². The van der Waals surface area contributed by atoms with E-state index in [0.717, 1.165) is 0 Å². The predicted octanol–water partition coefficient (Wildman–Crippen LogP) is 1.54. The molecule has 8 nitrogen and oxygen atoms in total. The van der Waals surface area contributed by atoms with Crippen molar-refractivity contribution in [2.45, 2.75) is 11.3 Å². The van der Waals surface area contributed by atoms with E-state index in [1.807, 2.05) is 0 Å². The zero-order valence-corrected chi connectivity index (χ0v) is 17.2. The fraction of sp³-hybridized carbons (Fsp3) is 0.278. The van der Waals surface area contributed by atoms with Crippen molar-refractivity contribution in [1.29, 1.82) is 0 Å². The maximum absolute atomic E-state index is 12.4. The van der Waals surface area contributed by atoms with Crippen LogP contribution in [0.15, 0.2) is 47.4 Å². The number of benzene rings is 2. The van der Waals surface area contributed by atoms with Crippen molar-refractivity contribution in [2.24, 2.45) is 5.73 Å². The number of hydrogen-bond acceptors (Lipinski definition) is 6. The van der Waals surface area contributed by atoms with Crippen molar-refractivity contribution in [2.75, 3.05) is 32.6 Å². The molecular weight excluding hydrogens is 406 g/mol. The lowest BCUT2D eigenvalue weighted by molar-refractivity contribution is -0.115. The van der Waals surface area contributed by atoms with Gasteiger partial charge in [-0.25, -0.2) is 13.1 Å². The molecule has 4 N–H and O–H groups in total. The number of nitrogens with one attached hydrogen (secondary N) is 2. The van der Waals surface area contributed by atoms with Crippen LogP contribution in [-0.2, 0) is 21.2 Å². The number of carbonyl (C=O) groups is 1. The monoisotopic (exact) mass is 429 g/mol. The Bertz CT molecular complexity index is 906. The first kappa shape index (κ1) is 23.7. The van der Waals surface area contributed by atoms with Crippen molar-refractivity contribution in [3.8, 4) is 11.5 Å². The van der Waals surface area contributed by atoms with Gasteiger partial charge in [-0.3, -0.25) is 4.79 Å². The van der Waals surface area contributed by atoms with Gasteiger partial charge in [-0.1, -0.05) is 6.07 Å². The molecule has 0 saturated carbocycles. The van der Waals surface area contributed by atoms with Crippen LogP contribution in [0.3, 0.4) is 0 Å². The van der Waals surface area contributed by atoms with Crippen molar-refractivity contribution in [3.05, 3.63) is 48.0 Å². The summed E-state index contributed by atoms with van der Waals surface area (Å²) in [7, 11) is -0.619. The average molecular weight is 430 g/mol. The standard InChI is InChI=1S/C18H23N3O5S.ClH/c1-25-15-6-7-17(26-2)13(10-15)11-18(22)21-14-4-3-5-16(12-14)27(23,24)20-9-8-19;/h3-7,10,12,20H,8-9,11,19H2,1-2H3,(H,21,22);1H. The molecule has 0 bridgehead atoms. The second-order valence-corrected chi connectivity index (χ2v) is 7.38. The van der Waals surface area contributed by atoms with Crippen molar-refractivity contribution >= 4 is 34.0 Å². The number of anilines is 1. The Kier molecular flexibility index (Phi) is 9.20. The van der Waals surface area contributed by atoms with Crippen LogP contribution in [0, 0.1) is 0 Å². The van der Waals surface area contributed by atoms with E-state index >= 15 is 0 Å². The zero-order valence-electron chi connectivity index (χ0n) is 15.6. The van der Waals surface area contributed by atoms with E-state index in [0.29, 0.717) is 22.7 Å². The maximum Gasteiger partial charge on any atom is 0.240 e. The topological polar surface area (TPSA) is 120 Å². The van der Waals surface area contributed by atoms with E-state index in [1.54, 1.807) is 30.3 Å². The maximum atomic E-state index is 12.4. The van der Waals surface area contributed by atoms with E-state index in [-0.39, 0.29) is 42.7 Å². The highest BCUT2D eigenvalue weighted by molar-refractivity contribution is 7.89. The molecule has 2 rings (SSSR count). The average Bonchev–Trinajstić information content (AvgIpc) is 2.66. The smallest absolute Gasteiger partial charge is 0.240 e. The Morgan fingerprint density at radius 1 is 1.11 bits per heavy atom. The Hall–Kier alpha value is -2.33. The number of rotatable bonds is 9. The van der Waals surface area contributed by atoms with E-state index in [2.05, 4.69) is 10.0 Å².